The summed E-state index contributed by atoms with van der Waals surface area (Å²) in [6.45, 7) is 0. The van der Waals surface area contributed by atoms with Gasteiger partial charge in [-0.1, -0.05) is 0 Å². The molecule has 0 aromatic heterocycles. The Morgan fingerprint density at radius 3 is 2.89 bits per heavy atom. The lowest BCUT2D eigenvalue weighted by Gasteiger charge is -2.12. The lowest BCUT2D eigenvalue weighted by Crippen LogP contribution is -2.24. The molecule has 4 atom stereocenters. The number of carbonyl (C=O) groups excluding carboxylic acids is 1. The minimum atomic E-state index is -4.41. The molecule has 0 amide bonds. The van der Waals surface area contributed by atoms with Crippen LogP contribution in [0.25, 0.3) is 0 Å². The van der Waals surface area contributed by atoms with E-state index in [-0.39, 0.29) is 17.8 Å². The van der Waals surface area contributed by atoms with Gasteiger partial charge in [-0.15, -0.1) is 0 Å². The summed E-state index contributed by atoms with van der Waals surface area (Å²) in [4.78, 5) is 11.4. The fourth-order valence-electron chi connectivity index (χ4n) is 2.66. The van der Waals surface area contributed by atoms with Gasteiger partial charge in [0.15, 0.2) is 17.3 Å². The summed E-state index contributed by atoms with van der Waals surface area (Å²) in [5, 5.41) is 0. The number of rotatable bonds is 4. The van der Waals surface area contributed by atoms with Crippen LogP contribution in [-0.4, -0.2) is 50.3 Å². The van der Waals surface area contributed by atoms with Crippen molar-refractivity contribution in [1.82, 2.24) is 0 Å². The normalized spacial score (nSPS) is 35.7. The number of methoxy groups -OCH3 is 1. The Bertz CT molecular complexity index is 550. The van der Waals surface area contributed by atoms with Gasteiger partial charge in [0.05, 0.1) is 5.92 Å². The van der Waals surface area contributed by atoms with Gasteiger partial charge >= 0.3 is 5.97 Å². The van der Waals surface area contributed by atoms with Crippen LogP contribution < -0.4 is 0 Å². The van der Waals surface area contributed by atoms with Crippen molar-refractivity contribution in [3.63, 3.8) is 0 Å². The zero-order chi connectivity index (χ0) is 13.8. The molecule has 3 rings (SSSR count). The second-order valence-corrected chi connectivity index (χ2v) is 6.05. The SMILES string of the molecule is COC1OC2=C(OC(=O)CS(=O)(=O)O)C3CC1C2O3. The zero-order valence-electron chi connectivity index (χ0n) is 9.94. The molecule has 0 saturated carbocycles. The molecule has 8 nitrogen and oxygen atoms in total. The Balaban J connectivity index is 1.76. The Hall–Kier alpha value is -1.16. The van der Waals surface area contributed by atoms with Gasteiger partial charge in [-0.25, -0.2) is 0 Å². The van der Waals surface area contributed by atoms with Crippen molar-refractivity contribution < 1.29 is 36.7 Å². The van der Waals surface area contributed by atoms with Crippen LogP contribution in [0.15, 0.2) is 11.5 Å². The molecule has 3 aliphatic heterocycles. The Kier molecular flexibility index (Phi) is 2.82. The molecule has 2 fully saturated rings. The highest BCUT2D eigenvalue weighted by molar-refractivity contribution is 7.86. The van der Waals surface area contributed by atoms with E-state index < -0.39 is 34.2 Å². The summed E-state index contributed by atoms with van der Waals surface area (Å²) in [5.41, 5.74) is 0. The van der Waals surface area contributed by atoms with E-state index in [9.17, 15) is 13.2 Å². The summed E-state index contributed by atoms with van der Waals surface area (Å²) in [7, 11) is -2.90. The predicted molar refractivity (Wildman–Crippen MR) is 58.2 cm³/mol. The smallest absolute Gasteiger partial charge is 0.328 e. The highest BCUT2D eigenvalue weighted by Gasteiger charge is 2.59. The van der Waals surface area contributed by atoms with Gasteiger partial charge in [0, 0.05) is 7.11 Å². The van der Waals surface area contributed by atoms with Gasteiger partial charge in [-0.2, -0.15) is 8.42 Å². The molecule has 0 aromatic rings. The predicted octanol–water partition coefficient (Wildman–Crippen LogP) is -0.581. The summed E-state index contributed by atoms with van der Waals surface area (Å²) in [6, 6.07) is 0. The van der Waals surface area contributed by atoms with Crippen molar-refractivity contribution in [2.24, 2.45) is 5.92 Å². The van der Waals surface area contributed by atoms with E-state index in [2.05, 4.69) is 0 Å². The highest BCUT2D eigenvalue weighted by atomic mass is 32.2. The Morgan fingerprint density at radius 2 is 2.26 bits per heavy atom. The van der Waals surface area contributed by atoms with Gasteiger partial charge in [0.2, 0.25) is 6.29 Å². The van der Waals surface area contributed by atoms with Gasteiger partial charge in [0.1, 0.15) is 12.2 Å². The molecule has 0 spiro atoms. The first kappa shape index (κ1) is 12.9. The van der Waals surface area contributed by atoms with E-state index in [0.717, 1.165) is 0 Å². The monoisotopic (exact) mass is 292 g/mol. The number of ether oxygens (including phenoxy) is 4. The largest absolute Gasteiger partial charge is 0.462 e. The molecular weight excluding hydrogens is 280 g/mol. The van der Waals surface area contributed by atoms with Crippen LogP contribution in [0.4, 0.5) is 0 Å². The maximum atomic E-state index is 11.4. The van der Waals surface area contributed by atoms with Crippen LogP contribution in [0.5, 0.6) is 0 Å². The summed E-state index contributed by atoms with van der Waals surface area (Å²) in [5.74, 6) is -1.53. The van der Waals surface area contributed by atoms with Crippen molar-refractivity contribution in [2.75, 3.05) is 12.9 Å². The van der Waals surface area contributed by atoms with Gasteiger partial charge < -0.3 is 18.9 Å². The lowest BCUT2D eigenvalue weighted by molar-refractivity contribution is -0.138. The molecule has 2 saturated heterocycles. The van der Waals surface area contributed by atoms with E-state index in [1.54, 1.807) is 0 Å². The number of hydrogen-bond donors (Lipinski definition) is 1. The summed E-state index contributed by atoms with van der Waals surface area (Å²) in [6.07, 6.45) is -0.581. The molecule has 0 aromatic carbocycles. The van der Waals surface area contributed by atoms with Crippen LogP contribution >= 0.6 is 0 Å². The number of fused-ring (bicyclic) bond motifs is 1. The molecule has 0 aliphatic carbocycles. The fraction of sp³-hybridized carbons (Fsp3) is 0.700. The van der Waals surface area contributed by atoms with Crippen LogP contribution in [0.3, 0.4) is 0 Å². The molecular formula is C10H12O8S. The number of carbonyl (C=O) groups is 1. The molecule has 0 radical (unpaired) electrons. The van der Waals surface area contributed by atoms with Crippen LogP contribution in [0.2, 0.25) is 0 Å². The topological polar surface area (TPSA) is 108 Å². The lowest BCUT2D eigenvalue weighted by atomic mass is 9.94. The second-order valence-electron chi connectivity index (χ2n) is 4.60. The average Bonchev–Trinajstić information content (AvgIpc) is 2.86. The van der Waals surface area contributed by atoms with E-state index in [1.165, 1.54) is 7.11 Å². The molecule has 106 valence electrons. The second kappa shape index (κ2) is 4.17. The third kappa shape index (κ3) is 2.12. The first-order valence-corrected chi connectivity index (χ1v) is 7.25. The maximum Gasteiger partial charge on any atom is 0.328 e. The Labute approximate surface area is 109 Å². The van der Waals surface area contributed by atoms with E-state index in [0.29, 0.717) is 12.2 Å². The minimum absolute atomic E-state index is 0.0639. The molecule has 4 unspecified atom stereocenters. The van der Waals surface area contributed by atoms with E-state index >= 15 is 0 Å². The highest BCUT2D eigenvalue weighted by Crippen LogP contribution is 2.51. The molecule has 1 N–H and O–H groups in total. The van der Waals surface area contributed by atoms with Crippen molar-refractivity contribution >= 4 is 16.1 Å². The fourth-order valence-corrected chi connectivity index (χ4v) is 3.02. The molecule has 3 aliphatic rings. The Morgan fingerprint density at radius 1 is 1.53 bits per heavy atom. The molecule has 2 bridgehead atoms. The van der Waals surface area contributed by atoms with E-state index in [1.807, 2.05) is 0 Å². The quantitative estimate of drug-likeness (QED) is 0.541. The first-order chi connectivity index (χ1) is 8.89. The standard InChI is InChI=1S/C10H12O8S/c1-15-10-4-2-5-8(9(18-10)7(4)16-5)17-6(11)3-19(12,13)14/h4-5,7,10H,2-3H2,1H3,(H,12,13,14). The van der Waals surface area contributed by atoms with Crippen LogP contribution in [-0.2, 0) is 33.9 Å². The number of esters is 1. The van der Waals surface area contributed by atoms with Crippen LogP contribution in [0, 0.1) is 5.92 Å². The maximum absolute atomic E-state index is 11.4. The number of hydrogen-bond acceptors (Lipinski definition) is 7. The third-order valence-corrected chi connectivity index (χ3v) is 3.93. The van der Waals surface area contributed by atoms with Crippen molar-refractivity contribution in [2.45, 2.75) is 24.9 Å². The average molecular weight is 292 g/mol. The van der Waals surface area contributed by atoms with Gasteiger partial charge in [0.25, 0.3) is 10.1 Å². The summed E-state index contributed by atoms with van der Waals surface area (Å²) >= 11 is 0. The molecule has 19 heavy (non-hydrogen) atoms. The van der Waals surface area contributed by atoms with E-state index in [4.69, 9.17) is 23.5 Å². The third-order valence-electron chi connectivity index (χ3n) is 3.33. The molecule has 9 heteroatoms. The van der Waals surface area contributed by atoms with Crippen LogP contribution in [0.1, 0.15) is 6.42 Å². The summed E-state index contributed by atoms with van der Waals surface area (Å²) < 4.78 is 50.9. The minimum Gasteiger partial charge on any atom is -0.462 e. The first-order valence-electron chi connectivity index (χ1n) is 5.64. The van der Waals surface area contributed by atoms with Gasteiger partial charge in [-0.3, -0.25) is 9.35 Å². The van der Waals surface area contributed by atoms with Crippen molar-refractivity contribution in [1.29, 1.82) is 0 Å². The van der Waals surface area contributed by atoms with Gasteiger partial charge in [-0.05, 0) is 6.42 Å². The zero-order valence-corrected chi connectivity index (χ0v) is 10.8. The molecule has 3 heterocycles. The van der Waals surface area contributed by atoms with Crippen molar-refractivity contribution in [3.8, 4) is 0 Å². The van der Waals surface area contributed by atoms with Crippen molar-refractivity contribution in [3.05, 3.63) is 11.5 Å².